The number of hydrogen-bond donors (Lipinski definition) is 2. The van der Waals surface area contributed by atoms with Crippen molar-refractivity contribution in [2.24, 2.45) is 0 Å². The summed E-state index contributed by atoms with van der Waals surface area (Å²) in [6, 6.07) is 5.47. The molecule has 1 aromatic carbocycles. The van der Waals surface area contributed by atoms with Gasteiger partial charge >= 0.3 is 5.97 Å². The second-order valence-corrected chi connectivity index (χ2v) is 5.29. The molecule has 1 aromatic rings. The Morgan fingerprint density at radius 1 is 1.44 bits per heavy atom. The maximum absolute atomic E-state index is 11.2. The van der Waals surface area contributed by atoms with Crippen LogP contribution < -0.4 is 5.43 Å². The Hall–Kier alpha value is -0.700. The van der Waals surface area contributed by atoms with E-state index in [9.17, 15) is 4.79 Å². The first kappa shape index (κ1) is 13.7. The quantitative estimate of drug-likeness (QED) is 0.792. The van der Waals surface area contributed by atoms with Crippen molar-refractivity contribution < 1.29 is 14.6 Å². The van der Waals surface area contributed by atoms with Crippen LogP contribution in [0.15, 0.2) is 18.2 Å². The van der Waals surface area contributed by atoms with Gasteiger partial charge in [-0.15, -0.1) is 0 Å². The van der Waals surface area contributed by atoms with Gasteiger partial charge in [-0.1, -0.05) is 6.07 Å². The molecule has 1 saturated heterocycles. The normalized spacial score (nSPS) is 16.7. The van der Waals surface area contributed by atoms with Crippen molar-refractivity contribution in [3.63, 3.8) is 0 Å². The summed E-state index contributed by atoms with van der Waals surface area (Å²) in [5, 5.41) is 11.2. The van der Waals surface area contributed by atoms with Gasteiger partial charge in [0.05, 0.1) is 18.8 Å². The van der Waals surface area contributed by atoms with E-state index in [1.54, 1.807) is 6.07 Å². The molecule has 1 fully saturated rings. The maximum Gasteiger partial charge on any atom is 0.336 e. The van der Waals surface area contributed by atoms with Gasteiger partial charge < -0.3 is 9.84 Å². The molecule has 0 atom stereocenters. The van der Waals surface area contributed by atoms with Crippen LogP contribution in [0, 0.1) is 3.57 Å². The lowest BCUT2D eigenvalue weighted by Crippen LogP contribution is -2.45. The summed E-state index contributed by atoms with van der Waals surface area (Å²) in [6.07, 6.45) is 0. The summed E-state index contributed by atoms with van der Waals surface area (Å²) in [4.78, 5) is 11.2. The van der Waals surface area contributed by atoms with Crippen molar-refractivity contribution in [1.82, 2.24) is 10.4 Å². The van der Waals surface area contributed by atoms with Crippen molar-refractivity contribution in [1.29, 1.82) is 0 Å². The number of morpholine rings is 1. The molecule has 0 bridgehead atoms. The number of ether oxygens (including phenoxy) is 1. The Balaban J connectivity index is 2.01. The van der Waals surface area contributed by atoms with Gasteiger partial charge in [0.15, 0.2) is 0 Å². The van der Waals surface area contributed by atoms with Gasteiger partial charge in [0.25, 0.3) is 0 Å². The third kappa shape index (κ3) is 3.64. The first-order valence-electron chi connectivity index (χ1n) is 5.75. The summed E-state index contributed by atoms with van der Waals surface area (Å²) >= 11 is 2.12. The predicted octanol–water partition coefficient (Wildman–Crippen LogP) is 1.33. The number of carboxylic acids is 1. The molecule has 2 rings (SSSR count). The van der Waals surface area contributed by atoms with E-state index in [0.29, 0.717) is 25.3 Å². The molecular weight excluding hydrogens is 347 g/mol. The zero-order chi connectivity index (χ0) is 13.0. The zero-order valence-corrected chi connectivity index (χ0v) is 12.0. The molecule has 1 aliphatic rings. The molecule has 6 heteroatoms. The fourth-order valence-electron chi connectivity index (χ4n) is 1.82. The number of rotatable bonds is 4. The Morgan fingerprint density at radius 2 is 2.17 bits per heavy atom. The van der Waals surface area contributed by atoms with E-state index in [-0.39, 0.29) is 0 Å². The van der Waals surface area contributed by atoms with E-state index >= 15 is 0 Å². The van der Waals surface area contributed by atoms with Crippen LogP contribution in [0.3, 0.4) is 0 Å². The average molecular weight is 362 g/mol. The van der Waals surface area contributed by atoms with Crippen LogP contribution in [-0.4, -0.2) is 42.4 Å². The Morgan fingerprint density at radius 3 is 2.83 bits per heavy atom. The summed E-state index contributed by atoms with van der Waals surface area (Å²) in [5.41, 5.74) is 4.40. The summed E-state index contributed by atoms with van der Waals surface area (Å²) in [6.45, 7) is 3.61. The number of carboxylic acid groups (broad SMARTS) is 1. The zero-order valence-electron chi connectivity index (χ0n) is 9.86. The minimum atomic E-state index is -0.882. The number of hydrazine groups is 1. The van der Waals surface area contributed by atoms with Gasteiger partial charge in [-0.25, -0.2) is 9.80 Å². The highest BCUT2D eigenvalue weighted by Gasteiger charge is 2.13. The first-order valence-corrected chi connectivity index (χ1v) is 6.82. The van der Waals surface area contributed by atoms with E-state index in [1.807, 2.05) is 12.1 Å². The molecule has 0 aliphatic carbocycles. The molecule has 0 aromatic heterocycles. The fraction of sp³-hybridized carbons (Fsp3) is 0.417. The van der Waals surface area contributed by atoms with Crippen LogP contribution in [-0.2, 0) is 11.3 Å². The van der Waals surface area contributed by atoms with Crippen molar-refractivity contribution >= 4 is 28.6 Å². The van der Waals surface area contributed by atoms with Gasteiger partial charge in [-0.2, -0.15) is 0 Å². The molecule has 5 nitrogen and oxygen atoms in total. The van der Waals surface area contributed by atoms with Crippen LogP contribution in [0.5, 0.6) is 0 Å². The van der Waals surface area contributed by atoms with Crippen LogP contribution in [0.2, 0.25) is 0 Å². The number of aromatic carboxylic acids is 1. The molecule has 0 unspecified atom stereocenters. The molecule has 0 saturated carbocycles. The lowest BCUT2D eigenvalue weighted by molar-refractivity contribution is 0.0105. The highest BCUT2D eigenvalue weighted by atomic mass is 127. The minimum absolute atomic E-state index is 0.364. The predicted molar refractivity (Wildman–Crippen MR) is 75.4 cm³/mol. The summed E-state index contributed by atoms with van der Waals surface area (Å²) < 4.78 is 6.18. The number of hydrogen-bond acceptors (Lipinski definition) is 4. The SMILES string of the molecule is O=C(O)c1cc(I)ccc1CNN1CCOCC1. The number of benzene rings is 1. The highest BCUT2D eigenvalue weighted by Crippen LogP contribution is 2.14. The van der Waals surface area contributed by atoms with Gasteiger partial charge in [0.2, 0.25) is 0 Å². The van der Waals surface area contributed by atoms with Crippen molar-refractivity contribution in [2.75, 3.05) is 26.3 Å². The Kier molecular flexibility index (Phi) is 4.93. The number of halogens is 1. The second kappa shape index (κ2) is 6.46. The van der Waals surface area contributed by atoms with E-state index in [4.69, 9.17) is 9.84 Å². The average Bonchev–Trinajstić information content (AvgIpc) is 2.38. The third-order valence-electron chi connectivity index (χ3n) is 2.81. The van der Waals surface area contributed by atoms with Crippen LogP contribution in [0.1, 0.15) is 15.9 Å². The largest absolute Gasteiger partial charge is 0.478 e. The molecule has 0 amide bonds. The first-order chi connectivity index (χ1) is 8.66. The summed E-state index contributed by atoms with van der Waals surface area (Å²) in [5.74, 6) is -0.882. The third-order valence-corrected chi connectivity index (χ3v) is 3.48. The number of nitrogens with one attached hydrogen (secondary N) is 1. The van der Waals surface area contributed by atoms with Gasteiger partial charge in [-0.3, -0.25) is 5.43 Å². The maximum atomic E-state index is 11.2. The van der Waals surface area contributed by atoms with Gasteiger partial charge in [0.1, 0.15) is 0 Å². The van der Waals surface area contributed by atoms with E-state index in [2.05, 4.69) is 33.0 Å². The van der Waals surface area contributed by atoms with Gasteiger partial charge in [0, 0.05) is 23.2 Å². The van der Waals surface area contributed by atoms with Crippen molar-refractivity contribution in [3.05, 3.63) is 32.9 Å². The van der Waals surface area contributed by atoms with Crippen molar-refractivity contribution in [2.45, 2.75) is 6.54 Å². The summed E-state index contributed by atoms with van der Waals surface area (Å²) in [7, 11) is 0. The lowest BCUT2D eigenvalue weighted by Gasteiger charge is -2.27. The number of nitrogens with zero attached hydrogens (tertiary/aromatic N) is 1. The molecular formula is C12H15IN2O3. The molecule has 0 radical (unpaired) electrons. The topological polar surface area (TPSA) is 61.8 Å². The molecule has 2 N–H and O–H groups in total. The van der Waals surface area contributed by atoms with Crippen LogP contribution in [0.25, 0.3) is 0 Å². The Bertz CT molecular complexity index is 433. The highest BCUT2D eigenvalue weighted by molar-refractivity contribution is 14.1. The van der Waals surface area contributed by atoms with Crippen LogP contribution in [0.4, 0.5) is 0 Å². The lowest BCUT2D eigenvalue weighted by atomic mass is 10.1. The van der Waals surface area contributed by atoms with E-state index in [0.717, 1.165) is 22.2 Å². The second-order valence-electron chi connectivity index (χ2n) is 4.04. The Labute approximate surface area is 119 Å². The van der Waals surface area contributed by atoms with Crippen LogP contribution >= 0.6 is 22.6 Å². The standard InChI is InChI=1S/C12H15IN2O3/c13-10-2-1-9(11(7-10)12(16)17)8-14-15-3-5-18-6-4-15/h1-2,7,14H,3-6,8H2,(H,16,17). The monoisotopic (exact) mass is 362 g/mol. The number of carbonyl (C=O) groups is 1. The fourth-order valence-corrected chi connectivity index (χ4v) is 2.31. The minimum Gasteiger partial charge on any atom is -0.478 e. The molecule has 0 spiro atoms. The van der Waals surface area contributed by atoms with Crippen molar-refractivity contribution in [3.8, 4) is 0 Å². The molecule has 1 heterocycles. The molecule has 98 valence electrons. The van der Waals surface area contributed by atoms with E-state index in [1.165, 1.54) is 0 Å². The molecule has 18 heavy (non-hydrogen) atoms. The van der Waals surface area contributed by atoms with E-state index < -0.39 is 5.97 Å². The smallest absolute Gasteiger partial charge is 0.336 e. The molecule has 1 aliphatic heterocycles. The van der Waals surface area contributed by atoms with Gasteiger partial charge in [-0.05, 0) is 40.3 Å².